The molecule has 0 bridgehead atoms. The van der Waals surface area contributed by atoms with E-state index >= 15 is 0 Å². The quantitative estimate of drug-likeness (QED) is 0.900. The van der Waals surface area contributed by atoms with Gasteiger partial charge in [-0.1, -0.05) is 0 Å². The summed E-state index contributed by atoms with van der Waals surface area (Å²) in [5.41, 5.74) is 0.386. The van der Waals surface area contributed by atoms with Gasteiger partial charge in [0, 0.05) is 25.3 Å². The Balaban J connectivity index is 1.62. The molecule has 0 aliphatic carbocycles. The summed E-state index contributed by atoms with van der Waals surface area (Å²) in [4.78, 5) is 25.6. The summed E-state index contributed by atoms with van der Waals surface area (Å²) in [7, 11) is 1.36. The van der Waals surface area contributed by atoms with Crippen molar-refractivity contribution in [1.82, 2.24) is 4.90 Å². The maximum Gasteiger partial charge on any atom is 0.309 e. The van der Waals surface area contributed by atoms with Crippen LogP contribution in [0.15, 0.2) is 18.2 Å². The molecule has 0 radical (unpaired) electrons. The number of ether oxygens (including phenoxy) is 2. The van der Waals surface area contributed by atoms with Gasteiger partial charge < -0.3 is 19.5 Å². The summed E-state index contributed by atoms with van der Waals surface area (Å²) in [5.74, 6) is -1.73. The van der Waals surface area contributed by atoms with Gasteiger partial charge in [-0.2, -0.15) is 0 Å². The number of carbonyl (C=O) groups excluding carboxylic acids is 1. The lowest BCUT2D eigenvalue weighted by atomic mass is 9.84. The first-order valence-corrected chi connectivity index (χ1v) is 8.48. The summed E-state index contributed by atoms with van der Waals surface area (Å²) in [6, 6.07) is 4.08. The predicted octanol–water partition coefficient (Wildman–Crippen LogP) is 2.18. The molecule has 6 nitrogen and oxygen atoms in total. The summed E-state index contributed by atoms with van der Waals surface area (Å²) in [6.45, 7) is 1.56. The maximum absolute atomic E-state index is 13.5. The number of likely N-dealkylation sites (tertiary alicyclic amines) is 1. The largest absolute Gasteiger partial charge is 0.494 e. The fourth-order valence-corrected chi connectivity index (χ4v) is 3.75. The minimum absolute atomic E-state index is 0.0457. The van der Waals surface area contributed by atoms with E-state index < -0.39 is 17.7 Å². The van der Waals surface area contributed by atoms with Crippen LogP contribution in [0.5, 0.6) is 5.75 Å². The molecule has 136 valence electrons. The molecule has 2 heterocycles. The van der Waals surface area contributed by atoms with Gasteiger partial charge in [-0.25, -0.2) is 4.39 Å². The van der Waals surface area contributed by atoms with Crippen LogP contribution in [0.2, 0.25) is 0 Å². The van der Waals surface area contributed by atoms with Crippen LogP contribution in [0.25, 0.3) is 0 Å². The molecule has 0 saturated carbocycles. The van der Waals surface area contributed by atoms with Gasteiger partial charge in [-0.05, 0) is 43.4 Å². The molecule has 2 atom stereocenters. The number of hydrogen-bond donors (Lipinski definition) is 1. The van der Waals surface area contributed by atoms with Crippen molar-refractivity contribution in [1.29, 1.82) is 0 Å². The van der Waals surface area contributed by atoms with Gasteiger partial charge in [0.2, 0.25) is 0 Å². The molecule has 1 amide bonds. The topological polar surface area (TPSA) is 76.1 Å². The lowest BCUT2D eigenvalue weighted by Gasteiger charge is -2.35. The number of carboxylic acids is 1. The van der Waals surface area contributed by atoms with Gasteiger partial charge in [0.25, 0.3) is 5.91 Å². The molecular weight excluding hydrogens is 329 g/mol. The molecule has 2 aliphatic rings. The molecule has 0 spiro atoms. The SMILES string of the molecule is COc1cc(C(=O)N2CCC([C@@H]3OCCC3C(=O)O)CC2)ccc1F. The Morgan fingerprint density at radius 2 is 2.00 bits per heavy atom. The van der Waals surface area contributed by atoms with E-state index in [-0.39, 0.29) is 23.7 Å². The second kappa shape index (κ2) is 7.39. The van der Waals surface area contributed by atoms with Gasteiger partial charge >= 0.3 is 5.97 Å². The van der Waals surface area contributed by atoms with Crippen LogP contribution in [0.1, 0.15) is 29.6 Å². The van der Waals surface area contributed by atoms with Gasteiger partial charge in [0.05, 0.1) is 19.1 Å². The zero-order valence-electron chi connectivity index (χ0n) is 14.1. The number of benzene rings is 1. The lowest BCUT2D eigenvalue weighted by molar-refractivity contribution is -0.145. The van der Waals surface area contributed by atoms with E-state index in [1.54, 1.807) is 4.90 Å². The second-order valence-electron chi connectivity index (χ2n) is 6.55. The Labute approximate surface area is 145 Å². The Morgan fingerprint density at radius 3 is 2.64 bits per heavy atom. The first-order valence-electron chi connectivity index (χ1n) is 8.48. The first-order chi connectivity index (χ1) is 12.0. The number of halogens is 1. The predicted molar refractivity (Wildman–Crippen MR) is 87.1 cm³/mol. The molecule has 2 fully saturated rings. The molecule has 25 heavy (non-hydrogen) atoms. The van der Waals surface area contributed by atoms with Gasteiger partial charge in [-0.15, -0.1) is 0 Å². The average Bonchev–Trinajstić information content (AvgIpc) is 3.12. The first kappa shape index (κ1) is 17.7. The molecule has 1 aromatic carbocycles. The van der Waals surface area contributed by atoms with Crippen LogP contribution < -0.4 is 4.74 Å². The number of rotatable bonds is 4. The van der Waals surface area contributed by atoms with Crippen molar-refractivity contribution in [3.8, 4) is 5.75 Å². The number of amides is 1. The van der Waals surface area contributed by atoms with Crippen LogP contribution in [0.3, 0.4) is 0 Å². The highest BCUT2D eigenvalue weighted by atomic mass is 19.1. The number of nitrogens with zero attached hydrogens (tertiary/aromatic N) is 1. The molecule has 0 aromatic heterocycles. The summed E-state index contributed by atoms with van der Waals surface area (Å²) < 4.78 is 24.1. The van der Waals surface area contributed by atoms with E-state index in [9.17, 15) is 19.1 Å². The molecule has 3 rings (SSSR count). The number of carboxylic acid groups (broad SMARTS) is 1. The molecular formula is C18H22FNO5. The van der Waals surface area contributed by atoms with Crippen molar-refractivity contribution in [3.05, 3.63) is 29.6 Å². The number of carbonyl (C=O) groups is 2. The zero-order chi connectivity index (χ0) is 18.0. The smallest absolute Gasteiger partial charge is 0.309 e. The maximum atomic E-state index is 13.5. The van der Waals surface area contributed by atoms with Crippen LogP contribution in [0.4, 0.5) is 4.39 Å². The normalized spacial score (nSPS) is 24.3. The van der Waals surface area contributed by atoms with Crippen molar-refractivity contribution >= 4 is 11.9 Å². The highest BCUT2D eigenvalue weighted by Crippen LogP contribution is 2.33. The number of aliphatic carboxylic acids is 1. The van der Waals surface area contributed by atoms with Gasteiger partial charge in [0.15, 0.2) is 11.6 Å². The molecule has 1 N–H and O–H groups in total. The Bertz CT molecular complexity index is 657. The monoisotopic (exact) mass is 351 g/mol. The molecule has 1 aromatic rings. The molecule has 2 aliphatic heterocycles. The standard InChI is InChI=1S/C18H22FNO5/c1-24-15-10-12(2-3-14(15)19)17(21)20-7-4-11(5-8-20)16-13(18(22)23)6-9-25-16/h2-3,10-11,13,16H,4-9H2,1H3,(H,22,23)/t13?,16-/m0/s1. The van der Waals surface area contributed by atoms with E-state index in [0.29, 0.717) is 44.5 Å². The van der Waals surface area contributed by atoms with E-state index in [2.05, 4.69) is 0 Å². The third kappa shape index (κ3) is 3.61. The van der Waals surface area contributed by atoms with Crippen molar-refractivity contribution in [3.63, 3.8) is 0 Å². The minimum Gasteiger partial charge on any atom is -0.494 e. The van der Waals surface area contributed by atoms with Gasteiger partial charge in [-0.3, -0.25) is 9.59 Å². The van der Waals surface area contributed by atoms with Crippen molar-refractivity contribution < 1.29 is 28.6 Å². The van der Waals surface area contributed by atoms with Crippen LogP contribution >= 0.6 is 0 Å². The van der Waals surface area contributed by atoms with Gasteiger partial charge in [0.1, 0.15) is 0 Å². The highest BCUT2D eigenvalue weighted by molar-refractivity contribution is 5.94. The molecule has 2 saturated heterocycles. The van der Waals surface area contributed by atoms with E-state index in [1.165, 1.54) is 25.3 Å². The Morgan fingerprint density at radius 1 is 1.28 bits per heavy atom. The van der Waals surface area contributed by atoms with E-state index in [1.807, 2.05) is 0 Å². The molecule has 1 unspecified atom stereocenters. The van der Waals surface area contributed by atoms with Crippen LogP contribution in [0, 0.1) is 17.7 Å². The lowest BCUT2D eigenvalue weighted by Crippen LogP contribution is -2.43. The third-order valence-electron chi connectivity index (χ3n) is 5.14. The fourth-order valence-electron chi connectivity index (χ4n) is 3.75. The van der Waals surface area contributed by atoms with E-state index in [0.717, 1.165) is 0 Å². The Kier molecular flexibility index (Phi) is 5.22. The number of hydrogen-bond acceptors (Lipinski definition) is 4. The molecule has 7 heteroatoms. The minimum atomic E-state index is -0.806. The fraction of sp³-hybridized carbons (Fsp3) is 0.556. The van der Waals surface area contributed by atoms with Crippen molar-refractivity contribution in [2.45, 2.75) is 25.4 Å². The number of methoxy groups -OCH3 is 1. The second-order valence-corrected chi connectivity index (χ2v) is 6.55. The summed E-state index contributed by atoms with van der Waals surface area (Å²) in [5, 5.41) is 9.29. The Hall–Kier alpha value is -2.15. The van der Waals surface area contributed by atoms with Crippen LogP contribution in [-0.2, 0) is 9.53 Å². The summed E-state index contributed by atoms with van der Waals surface area (Å²) >= 11 is 0. The van der Waals surface area contributed by atoms with E-state index in [4.69, 9.17) is 9.47 Å². The third-order valence-corrected chi connectivity index (χ3v) is 5.14. The highest BCUT2D eigenvalue weighted by Gasteiger charge is 2.40. The van der Waals surface area contributed by atoms with Crippen molar-refractivity contribution in [2.75, 3.05) is 26.8 Å². The zero-order valence-corrected chi connectivity index (χ0v) is 14.1. The average molecular weight is 351 g/mol. The summed E-state index contributed by atoms with van der Waals surface area (Å²) in [6.07, 6.45) is 1.70. The number of piperidine rings is 1. The van der Waals surface area contributed by atoms with Crippen LogP contribution in [-0.4, -0.2) is 54.8 Å². The van der Waals surface area contributed by atoms with Crippen molar-refractivity contribution in [2.24, 2.45) is 11.8 Å².